The van der Waals surface area contributed by atoms with Crippen LogP contribution < -0.4 is 5.32 Å². The number of nitrogens with zero attached hydrogens (tertiary/aromatic N) is 1. The Morgan fingerprint density at radius 2 is 2.27 bits per heavy atom. The van der Waals surface area contributed by atoms with Crippen LogP contribution in [0.1, 0.15) is 26.2 Å². The van der Waals surface area contributed by atoms with Crippen LogP contribution in [0.5, 0.6) is 0 Å². The van der Waals surface area contributed by atoms with Gasteiger partial charge in [-0.3, -0.25) is 4.79 Å². The molecular weight excluding hydrogens is 188 g/mol. The third-order valence-corrected chi connectivity index (χ3v) is 2.90. The number of carbonyl (C=O) groups is 1. The van der Waals surface area contributed by atoms with Gasteiger partial charge < -0.3 is 10.2 Å². The molecule has 0 aliphatic heterocycles. The van der Waals surface area contributed by atoms with E-state index in [0.29, 0.717) is 5.92 Å². The van der Waals surface area contributed by atoms with Gasteiger partial charge in [-0.15, -0.1) is 0 Å². The van der Waals surface area contributed by atoms with Crippen molar-refractivity contribution < 1.29 is 4.79 Å². The lowest BCUT2D eigenvalue weighted by atomic mass is 9.94. The normalized spacial score (nSPS) is 22.5. The van der Waals surface area contributed by atoms with E-state index in [9.17, 15) is 4.79 Å². The monoisotopic (exact) mass is 210 g/mol. The molecule has 1 N–H and O–H groups in total. The van der Waals surface area contributed by atoms with Crippen molar-refractivity contribution in [1.82, 2.24) is 10.2 Å². The lowest BCUT2D eigenvalue weighted by Gasteiger charge is -2.22. The van der Waals surface area contributed by atoms with Gasteiger partial charge >= 0.3 is 0 Å². The Morgan fingerprint density at radius 1 is 1.53 bits per heavy atom. The molecule has 1 aliphatic carbocycles. The van der Waals surface area contributed by atoms with Crippen LogP contribution in [-0.2, 0) is 4.79 Å². The summed E-state index contributed by atoms with van der Waals surface area (Å²) in [4.78, 5) is 13.2. The molecule has 0 saturated carbocycles. The van der Waals surface area contributed by atoms with Crippen LogP contribution in [0.15, 0.2) is 12.2 Å². The molecule has 0 aromatic rings. The molecule has 0 fully saturated rings. The zero-order valence-electron chi connectivity index (χ0n) is 9.99. The van der Waals surface area contributed by atoms with Crippen molar-refractivity contribution in [3.63, 3.8) is 0 Å². The minimum Gasteiger partial charge on any atom is -0.347 e. The van der Waals surface area contributed by atoms with Gasteiger partial charge in [0.15, 0.2) is 0 Å². The standard InChI is InChI=1S/C12H22N2O/c1-10(12(15)14(2)3)13-9-11-7-5-4-6-8-11/h4-5,10-11,13H,6-9H2,1-3H3/t10-,11?/m1/s1. The smallest absolute Gasteiger partial charge is 0.238 e. The molecular formula is C12H22N2O. The van der Waals surface area contributed by atoms with E-state index < -0.39 is 0 Å². The van der Waals surface area contributed by atoms with Gasteiger partial charge in [-0.25, -0.2) is 0 Å². The van der Waals surface area contributed by atoms with E-state index in [-0.39, 0.29) is 11.9 Å². The Labute approximate surface area is 92.5 Å². The SMILES string of the molecule is C[C@@H](NCC1CC=CCC1)C(=O)N(C)C. The number of rotatable bonds is 4. The summed E-state index contributed by atoms with van der Waals surface area (Å²) >= 11 is 0. The van der Waals surface area contributed by atoms with Crippen LogP contribution in [0.2, 0.25) is 0 Å². The van der Waals surface area contributed by atoms with Crippen molar-refractivity contribution in [3.05, 3.63) is 12.2 Å². The predicted octanol–water partition coefficient (Wildman–Crippen LogP) is 1.41. The molecule has 0 saturated heterocycles. The van der Waals surface area contributed by atoms with Gasteiger partial charge in [0.25, 0.3) is 0 Å². The molecule has 0 aromatic heterocycles. The molecule has 0 heterocycles. The molecule has 0 radical (unpaired) electrons. The Bertz CT molecular complexity index is 236. The summed E-state index contributed by atoms with van der Waals surface area (Å²) in [6.45, 7) is 2.88. The van der Waals surface area contributed by atoms with Gasteiger partial charge in [0.2, 0.25) is 5.91 Å². The summed E-state index contributed by atoms with van der Waals surface area (Å²) < 4.78 is 0. The first-order chi connectivity index (χ1) is 7.11. The van der Waals surface area contributed by atoms with Gasteiger partial charge in [-0.1, -0.05) is 12.2 Å². The maximum Gasteiger partial charge on any atom is 0.238 e. The predicted molar refractivity (Wildman–Crippen MR) is 62.6 cm³/mol. The third-order valence-electron chi connectivity index (χ3n) is 2.90. The highest BCUT2D eigenvalue weighted by molar-refractivity contribution is 5.80. The second-order valence-electron chi connectivity index (χ2n) is 4.51. The van der Waals surface area contributed by atoms with E-state index >= 15 is 0 Å². The minimum atomic E-state index is -0.0640. The second-order valence-corrected chi connectivity index (χ2v) is 4.51. The number of likely N-dealkylation sites (N-methyl/N-ethyl adjacent to an activating group) is 1. The van der Waals surface area contributed by atoms with Gasteiger partial charge in [0.05, 0.1) is 6.04 Å². The van der Waals surface area contributed by atoms with Crippen LogP contribution in [0.4, 0.5) is 0 Å². The van der Waals surface area contributed by atoms with Crippen LogP contribution >= 0.6 is 0 Å². The largest absolute Gasteiger partial charge is 0.347 e. The molecule has 0 bridgehead atoms. The van der Waals surface area contributed by atoms with Gasteiger partial charge in [-0.2, -0.15) is 0 Å². The topological polar surface area (TPSA) is 32.3 Å². The van der Waals surface area contributed by atoms with Crippen molar-refractivity contribution in [1.29, 1.82) is 0 Å². The molecule has 3 nitrogen and oxygen atoms in total. The molecule has 1 amide bonds. The second kappa shape index (κ2) is 5.91. The third kappa shape index (κ3) is 4.04. The first-order valence-electron chi connectivity index (χ1n) is 5.70. The molecule has 3 heteroatoms. The quantitative estimate of drug-likeness (QED) is 0.712. The number of hydrogen-bond donors (Lipinski definition) is 1. The number of carbonyl (C=O) groups excluding carboxylic acids is 1. The number of amides is 1. The summed E-state index contributed by atoms with van der Waals surface area (Å²) in [5.41, 5.74) is 0. The summed E-state index contributed by atoms with van der Waals surface area (Å²) in [5, 5.41) is 3.31. The molecule has 15 heavy (non-hydrogen) atoms. The van der Waals surface area contributed by atoms with Crippen molar-refractivity contribution in [2.24, 2.45) is 5.92 Å². The van der Waals surface area contributed by atoms with Crippen LogP contribution in [0.25, 0.3) is 0 Å². The molecule has 1 rings (SSSR count). The molecule has 1 aliphatic rings. The highest BCUT2D eigenvalue weighted by Gasteiger charge is 2.16. The van der Waals surface area contributed by atoms with E-state index in [1.807, 2.05) is 6.92 Å². The highest BCUT2D eigenvalue weighted by atomic mass is 16.2. The number of allylic oxidation sites excluding steroid dienone is 2. The zero-order chi connectivity index (χ0) is 11.3. The fourth-order valence-electron chi connectivity index (χ4n) is 1.86. The van der Waals surface area contributed by atoms with Crippen molar-refractivity contribution >= 4 is 5.91 Å². The first kappa shape index (κ1) is 12.2. The lowest BCUT2D eigenvalue weighted by molar-refractivity contribution is -0.130. The van der Waals surface area contributed by atoms with Crippen molar-refractivity contribution in [3.8, 4) is 0 Å². The molecule has 86 valence electrons. The summed E-state index contributed by atoms with van der Waals surface area (Å²) in [6, 6.07) is -0.0640. The van der Waals surface area contributed by atoms with E-state index in [1.165, 1.54) is 12.8 Å². The van der Waals surface area contributed by atoms with Crippen LogP contribution in [0.3, 0.4) is 0 Å². The number of hydrogen-bond acceptors (Lipinski definition) is 2. The summed E-state index contributed by atoms with van der Waals surface area (Å²) in [5.74, 6) is 0.855. The Morgan fingerprint density at radius 3 is 2.80 bits per heavy atom. The fourth-order valence-corrected chi connectivity index (χ4v) is 1.86. The Kier molecular flexibility index (Phi) is 4.82. The zero-order valence-corrected chi connectivity index (χ0v) is 9.99. The van der Waals surface area contributed by atoms with Crippen molar-refractivity contribution in [2.45, 2.75) is 32.2 Å². The van der Waals surface area contributed by atoms with Gasteiger partial charge in [-0.05, 0) is 38.6 Å². The molecule has 0 spiro atoms. The molecule has 0 aromatic carbocycles. The highest BCUT2D eigenvalue weighted by Crippen LogP contribution is 2.16. The Hall–Kier alpha value is -0.830. The fraction of sp³-hybridized carbons (Fsp3) is 0.750. The van der Waals surface area contributed by atoms with E-state index in [2.05, 4.69) is 17.5 Å². The van der Waals surface area contributed by atoms with E-state index in [0.717, 1.165) is 13.0 Å². The van der Waals surface area contributed by atoms with Gasteiger partial charge in [0, 0.05) is 14.1 Å². The maximum atomic E-state index is 11.6. The Balaban J connectivity index is 2.24. The van der Waals surface area contributed by atoms with Crippen LogP contribution in [0, 0.1) is 5.92 Å². The minimum absolute atomic E-state index is 0.0640. The summed E-state index contributed by atoms with van der Waals surface area (Å²) in [7, 11) is 3.59. The first-order valence-corrected chi connectivity index (χ1v) is 5.70. The van der Waals surface area contributed by atoms with E-state index in [1.54, 1.807) is 19.0 Å². The van der Waals surface area contributed by atoms with Crippen molar-refractivity contribution in [2.75, 3.05) is 20.6 Å². The van der Waals surface area contributed by atoms with Gasteiger partial charge in [0.1, 0.15) is 0 Å². The average molecular weight is 210 g/mol. The molecule has 1 unspecified atom stereocenters. The molecule has 2 atom stereocenters. The van der Waals surface area contributed by atoms with E-state index in [4.69, 9.17) is 0 Å². The van der Waals surface area contributed by atoms with Crippen LogP contribution in [-0.4, -0.2) is 37.5 Å². The maximum absolute atomic E-state index is 11.6. The number of nitrogens with one attached hydrogen (secondary N) is 1. The average Bonchev–Trinajstić information content (AvgIpc) is 2.26. The lowest BCUT2D eigenvalue weighted by Crippen LogP contribution is -2.43. The summed E-state index contributed by atoms with van der Waals surface area (Å²) in [6.07, 6.45) is 8.06.